The Hall–Kier alpha value is -2.68. The Kier molecular flexibility index (Phi) is 3.43. The van der Waals surface area contributed by atoms with Crippen molar-refractivity contribution < 1.29 is 28.7 Å². The van der Waals surface area contributed by atoms with Crippen molar-refractivity contribution in [1.29, 1.82) is 0 Å². The molecule has 3 aliphatic rings. The Morgan fingerprint density at radius 2 is 1.64 bits per heavy atom. The molecule has 4 atom stereocenters. The van der Waals surface area contributed by atoms with Gasteiger partial charge in [0.05, 0.1) is 54.9 Å². The maximum absolute atomic E-state index is 12.9. The van der Waals surface area contributed by atoms with Gasteiger partial charge >= 0.3 is 5.69 Å². The van der Waals surface area contributed by atoms with Crippen LogP contribution >= 0.6 is 0 Å². The van der Waals surface area contributed by atoms with Crippen LogP contribution in [-0.2, 0) is 14.3 Å². The van der Waals surface area contributed by atoms with Gasteiger partial charge in [-0.1, -0.05) is 0 Å². The van der Waals surface area contributed by atoms with Gasteiger partial charge in [0.2, 0.25) is 11.8 Å². The number of nitrogens with zero attached hydrogens (tertiary/aromatic N) is 2. The Morgan fingerprint density at radius 1 is 1.08 bits per heavy atom. The third-order valence-electron chi connectivity index (χ3n) is 5.20. The second-order valence-corrected chi connectivity index (χ2v) is 6.31. The Balaban J connectivity index is 1.81. The molecule has 3 saturated heterocycles. The van der Waals surface area contributed by atoms with Crippen molar-refractivity contribution in [3.05, 3.63) is 22.2 Å². The fourth-order valence-corrected chi connectivity index (χ4v) is 4.13. The molecule has 0 aliphatic carbocycles. The van der Waals surface area contributed by atoms with Crippen LogP contribution in [0, 0.1) is 22.0 Å². The first-order chi connectivity index (χ1) is 12.0. The van der Waals surface area contributed by atoms with Crippen molar-refractivity contribution in [2.24, 2.45) is 11.8 Å². The predicted octanol–water partition coefficient (Wildman–Crippen LogP) is 1.28. The summed E-state index contributed by atoms with van der Waals surface area (Å²) in [5, 5.41) is 11.2. The van der Waals surface area contributed by atoms with E-state index in [4.69, 9.17) is 14.2 Å². The number of methoxy groups -OCH3 is 2. The lowest BCUT2D eigenvalue weighted by atomic mass is 9.81. The Morgan fingerprint density at radius 3 is 2.12 bits per heavy atom. The van der Waals surface area contributed by atoms with Gasteiger partial charge in [-0.3, -0.25) is 19.7 Å². The number of hydrogen-bond acceptors (Lipinski definition) is 7. The summed E-state index contributed by atoms with van der Waals surface area (Å²) in [7, 11) is 2.61. The fraction of sp³-hybridized carbons (Fsp3) is 0.500. The lowest BCUT2D eigenvalue weighted by Gasteiger charge is -2.20. The second kappa shape index (κ2) is 5.41. The summed E-state index contributed by atoms with van der Waals surface area (Å²) in [5.41, 5.74) is -0.139. The number of fused-ring (bicyclic) bond motifs is 5. The summed E-state index contributed by atoms with van der Waals surface area (Å²) in [4.78, 5) is 37.4. The maximum atomic E-state index is 12.9. The molecule has 3 aliphatic heterocycles. The van der Waals surface area contributed by atoms with E-state index in [-0.39, 0.29) is 46.9 Å². The molecule has 0 aromatic heterocycles. The number of anilines is 1. The number of nitro groups is 1. The van der Waals surface area contributed by atoms with Gasteiger partial charge < -0.3 is 14.2 Å². The normalized spacial score (nSPS) is 29.9. The number of imide groups is 1. The molecule has 4 rings (SSSR count). The van der Waals surface area contributed by atoms with E-state index < -0.39 is 16.8 Å². The summed E-state index contributed by atoms with van der Waals surface area (Å²) in [5.74, 6) is -1.65. The van der Waals surface area contributed by atoms with E-state index in [1.165, 1.54) is 20.3 Å². The minimum absolute atomic E-state index is 0.0438. The number of ether oxygens (including phenoxy) is 3. The van der Waals surface area contributed by atoms with Gasteiger partial charge in [-0.25, -0.2) is 4.90 Å². The van der Waals surface area contributed by atoms with Crippen molar-refractivity contribution in [3.63, 3.8) is 0 Å². The van der Waals surface area contributed by atoms with Crippen LogP contribution in [0.4, 0.5) is 11.4 Å². The lowest BCUT2D eigenvalue weighted by Crippen LogP contribution is -2.34. The number of carbonyl (C=O) groups excluding carboxylic acids is 2. The molecule has 1 aromatic carbocycles. The number of amides is 2. The summed E-state index contributed by atoms with van der Waals surface area (Å²) in [6.07, 6.45) is 1.06. The minimum Gasteiger partial charge on any atom is -0.494 e. The van der Waals surface area contributed by atoms with Gasteiger partial charge in [0.1, 0.15) is 5.75 Å². The highest BCUT2D eigenvalue weighted by Crippen LogP contribution is 2.51. The first-order valence-electron chi connectivity index (χ1n) is 7.91. The number of hydrogen-bond donors (Lipinski definition) is 0. The van der Waals surface area contributed by atoms with Crippen molar-refractivity contribution in [3.8, 4) is 11.5 Å². The van der Waals surface area contributed by atoms with Crippen molar-refractivity contribution in [2.45, 2.75) is 25.0 Å². The zero-order valence-electron chi connectivity index (χ0n) is 13.6. The zero-order valence-corrected chi connectivity index (χ0v) is 13.6. The van der Waals surface area contributed by atoms with E-state index in [1.807, 2.05) is 0 Å². The highest BCUT2D eigenvalue weighted by atomic mass is 16.6. The smallest absolute Gasteiger partial charge is 0.314 e. The first-order valence-corrected chi connectivity index (χ1v) is 7.91. The molecule has 0 spiro atoms. The van der Waals surface area contributed by atoms with Crippen molar-refractivity contribution in [1.82, 2.24) is 0 Å². The average Bonchev–Trinajstić information content (AvgIpc) is 3.27. The molecule has 3 fully saturated rings. The number of rotatable bonds is 4. The highest BCUT2D eigenvalue weighted by molar-refractivity contribution is 6.23. The van der Waals surface area contributed by atoms with Gasteiger partial charge in [0.25, 0.3) is 0 Å². The molecule has 0 unspecified atom stereocenters. The molecule has 3 heterocycles. The molecule has 2 amide bonds. The SMILES string of the molecule is COc1cc([N+](=O)[O-])c(OC)cc1N1C(=O)[C@@H]2[C@H](C1=O)[C@H]1CC[C@@H]2O1. The summed E-state index contributed by atoms with van der Waals surface area (Å²) < 4.78 is 16.0. The van der Waals surface area contributed by atoms with Crippen molar-refractivity contribution >= 4 is 23.2 Å². The third kappa shape index (κ3) is 2.05. The zero-order chi connectivity index (χ0) is 17.9. The van der Waals surface area contributed by atoms with E-state index in [2.05, 4.69) is 0 Å². The Labute approximate surface area is 142 Å². The van der Waals surface area contributed by atoms with Crippen LogP contribution in [0.25, 0.3) is 0 Å². The van der Waals surface area contributed by atoms with E-state index in [9.17, 15) is 19.7 Å². The fourth-order valence-electron chi connectivity index (χ4n) is 4.13. The molecule has 132 valence electrons. The monoisotopic (exact) mass is 348 g/mol. The maximum Gasteiger partial charge on any atom is 0.314 e. The Bertz CT molecular complexity index is 765. The number of nitro benzene ring substituents is 1. The molecule has 9 heteroatoms. The molecule has 9 nitrogen and oxygen atoms in total. The van der Waals surface area contributed by atoms with E-state index >= 15 is 0 Å². The largest absolute Gasteiger partial charge is 0.494 e. The van der Waals surface area contributed by atoms with Crippen LogP contribution in [0.2, 0.25) is 0 Å². The molecular weight excluding hydrogens is 332 g/mol. The van der Waals surface area contributed by atoms with E-state index in [0.717, 1.165) is 23.8 Å². The minimum atomic E-state index is -0.610. The number of carbonyl (C=O) groups is 2. The summed E-state index contributed by atoms with van der Waals surface area (Å²) in [6, 6.07) is 2.46. The molecule has 25 heavy (non-hydrogen) atoms. The van der Waals surface area contributed by atoms with E-state index in [0.29, 0.717) is 0 Å². The van der Waals surface area contributed by atoms with Gasteiger partial charge in [0, 0.05) is 6.07 Å². The summed E-state index contributed by atoms with van der Waals surface area (Å²) in [6.45, 7) is 0. The second-order valence-electron chi connectivity index (χ2n) is 6.31. The first kappa shape index (κ1) is 15.8. The molecule has 1 aromatic rings. The van der Waals surface area contributed by atoms with Crippen LogP contribution < -0.4 is 14.4 Å². The van der Waals surface area contributed by atoms with Crippen LogP contribution in [0.15, 0.2) is 12.1 Å². The van der Waals surface area contributed by atoms with Crippen LogP contribution in [0.3, 0.4) is 0 Å². The van der Waals surface area contributed by atoms with Crippen LogP contribution in [-0.4, -0.2) is 43.2 Å². The van der Waals surface area contributed by atoms with Gasteiger partial charge in [0.15, 0.2) is 5.75 Å². The number of benzene rings is 1. The molecule has 2 bridgehead atoms. The average molecular weight is 348 g/mol. The van der Waals surface area contributed by atoms with Gasteiger partial charge in [-0.15, -0.1) is 0 Å². The van der Waals surface area contributed by atoms with Crippen LogP contribution in [0.5, 0.6) is 11.5 Å². The van der Waals surface area contributed by atoms with Gasteiger partial charge in [-0.2, -0.15) is 0 Å². The topological polar surface area (TPSA) is 108 Å². The third-order valence-corrected chi connectivity index (χ3v) is 5.20. The lowest BCUT2D eigenvalue weighted by molar-refractivity contribution is -0.385. The quantitative estimate of drug-likeness (QED) is 0.458. The molecule has 0 N–H and O–H groups in total. The molecule has 0 saturated carbocycles. The highest BCUT2D eigenvalue weighted by Gasteiger charge is 2.63. The van der Waals surface area contributed by atoms with Crippen LogP contribution in [0.1, 0.15) is 12.8 Å². The standard InChI is InChI=1S/C16H16N2O7/c1-23-11-6-8(18(21)22)12(24-2)5-7(11)17-15(19)13-9-3-4-10(25-9)14(13)16(17)20/h5-6,9-10,13-14H,3-4H2,1-2H3/t9-,10+,13-,14+. The van der Waals surface area contributed by atoms with E-state index in [1.54, 1.807) is 0 Å². The molecule has 0 radical (unpaired) electrons. The van der Waals surface area contributed by atoms with Crippen molar-refractivity contribution in [2.75, 3.05) is 19.1 Å². The molecular formula is C16H16N2O7. The summed E-state index contributed by atoms with van der Waals surface area (Å²) >= 11 is 0. The predicted molar refractivity (Wildman–Crippen MR) is 83.6 cm³/mol. The van der Waals surface area contributed by atoms with Gasteiger partial charge in [-0.05, 0) is 12.8 Å².